The van der Waals surface area contributed by atoms with E-state index < -0.39 is 0 Å². The first-order chi connectivity index (χ1) is 8.83. The summed E-state index contributed by atoms with van der Waals surface area (Å²) in [7, 11) is 1.70. The molecular formula is C14H30N2O2. The Morgan fingerprint density at radius 3 is 2.83 bits per heavy atom. The van der Waals surface area contributed by atoms with Gasteiger partial charge in [0.25, 0.3) is 0 Å². The van der Waals surface area contributed by atoms with Gasteiger partial charge in [-0.05, 0) is 25.8 Å². The molecule has 4 nitrogen and oxygen atoms in total. The zero-order valence-electron chi connectivity index (χ0n) is 12.1. The van der Waals surface area contributed by atoms with Crippen LogP contribution in [0.3, 0.4) is 0 Å². The normalized spacial score (nSPS) is 23.2. The molecule has 1 saturated heterocycles. The van der Waals surface area contributed by atoms with Crippen LogP contribution in [-0.4, -0.2) is 57.0 Å². The first-order valence-electron chi connectivity index (χ1n) is 7.36. The molecule has 2 unspecified atom stereocenters. The lowest BCUT2D eigenvalue weighted by Crippen LogP contribution is -2.51. The van der Waals surface area contributed by atoms with Crippen molar-refractivity contribution in [3.05, 3.63) is 0 Å². The maximum atomic E-state index is 5.92. The van der Waals surface area contributed by atoms with E-state index >= 15 is 0 Å². The van der Waals surface area contributed by atoms with E-state index in [-0.39, 0.29) is 0 Å². The van der Waals surface area contributed by atoms with E-state index in [4.69, 9.17) is 15.2 Å². The molecule has 0 aromatic carbocycles. The minimum absolute atomic E-state index is 0.374. The van der Waals surface area contributed by atoms with Crippen molar-refractivity contribution < 1.29 is 9.47 Å². The molecule has 0 bridgehead atoms. The largest absolute Gasteiger partial charge is 0.382 e. The number of nitrogens with two attached hydrogens (primary N) is 1. The molecule has 1 fully saturated rings. The van der Waals surface area contributed by atoms with Gasteiger partial charge in [-0.25, -0.2) is 0 Å². The van der Waals surface area contributed by atoms with Crippen LogP contribution in [0.5, 0.6) is 0 Å². The number of nitrogens with zero attached hydrogens (tertiary/aromatic N) is 1. The minimum Gasteiger partial charge on any atom is -0.382 e. The van der Waals surface area contributed by atoms with Gasteiger partial charge in [0.1, 0.15) is 0 Å². The summed E-state index contributed by atoms with van der Waals surface area (Å²) in [6.45, 7) is 6.20. The van der Waals surface area contributed by atoms with Crippen molar-refractivity contribution in [2.24, 2.45) is 5.73 Å². The third kappa shape index (κ3) is 5.22. The molecule has 1 aliphatic rings. The number of ether oxygens (including phenoxy) is 2. The van der Waals surface area contributed by atoms with Gasteiger partial charge >= 0.3 is 0 Å². The molecule has 0 amide bonds. The first-order valence-corrected chi connectivity index (χ1v) is 7.36. The van der Waals surface area contributed by atoms with Gasteiger partial charge in [-0.2, -0.15) is 0 Å². The van der Waals surface area contributed by atoms with Crippen LogP contribution in [0.15, 0.2) is 0 Å². The second-order valence-electron chi connectivity index (χ2n) is 5.13. The van der Waals surface area contributed by atoms with Crippen LogP contribution in [0, 0.1) is 0 Å². The highest BCUT2D eigenvalue weighted by molar-refractivity contribution is 4.83. The highest BCUT2D eigenvalue weighted by Gasteiger charge is 2.27. The summed E-state index contributed by atoms with van der Waals surface area (Å²) >= 11 is 0. The standard InChI is InChI=1S/C14H30N2O2/c1-3-6-13-7-4-5-8-16(13)14(11-15)12-18-10-9-17-2/h13-14H,3-12,15H2,1-2H3. The number of hydrogen-bond donors (Lipinski definition) is 1. The van der Waals surface area contributed by atoms with Crippen molar-refractivity contribution in [2.45, 2.75) is 51.1 Å². The van der Waals surface area contributed by atoms with Crippen molar-refractivity contribution in [1.29, 1.82) is 0 Å². The number of rotatable bonds is 9. The summed E-state index contributed by atoms with van der Waals surface area (Å²) in [5, 5.41) is 0. The van der Waals surface area contributed by atoms with E-state index in [0.29, 0.717) is 31.8 Å². The number of methoxy groups -OCH3 is 1. The molecule has 0 aromatic rings. The highest BCUT2D eigenvalue weighted by Crippen LogP contribution is 2.23. The zero-order valence-corrected chi connectivity index (χ0v) is 12.1. The average Bonchev–Trinajstić information content (AvgIpc) is 2.41. The van der Waals surface area contributed by atoms with Crippen LogP contribution >= 0.6 is 0 Å². The summed E-state index contributed by atoms with van der Waals surface area (Å²) in [6.07, 6.45) is 6.53. The Bertz CT molecular complexity index is 200. The Labute approximate surface area is 112 Å². The molecule has 1 rings (SSSR count). The van der Waals surface area contributed by atoms with Gasteiger partial charge in [0.05, 0.1) is 19.8 Å². The molecule has 108 valence electrons. The van der Waals surface area contributed by atoms with Crippen molar-refractivity contribution in [3.63, 3.8) is 0 Å². The van der Waals surface area contributed by atoms with Crippen LogP contribution in [0.2, 0.25) is 0 Å². The van der Waals surface area contributed by atoms with E-state index in [1.54, 1.807) is 7.11 Å². The van der Waals surface area contributed by atoms with Crippen LogP contribution in [0.25, 0.3) is 0 Å². The monoisotopic (exact) mass is 258 g/mol. The topological polar surface area (TPSA) is 47.7 Å². The van der Waals surface area contributed by atoms with Gasteiger partial charge in [-0.1, -0.05) is 19.8 Å². The Balaban J connectivity index is 2.39. The Morgan fingerprint density at radius 1 is 1.33 bits per heavy atom. The third-order valence-corrected chi connectivity index (χ3v) is 3.78. The summed E-state index contributed by atoms with van der Waals surface area (Å²) in [5.41, 5.74) is 5.92. The number of hydrogen-bond acceptors (Lipinski definition) is 4. The highest BCUT2D eigenvalue weighted by atomic mass is 16.5. The SMILES string of the molecule is CCCC1CCCCN1C(CN)COCCOC. The number of piperidine rings is 1. The van der Waals surface area contributed by atoms with Gasteiger partial charge in [0.15, 0.2) is 0 Å². The maximum absolute atomic E-state index is 5.92. The molecule has 0 spiro atoms. The van der Waals surface area contributed by atoms with Gasteiger partial charge in [0.2, 0.25) is 0 Å². The predicted molar refractivity (Wildman–Crippen MR) is 74.8 cm³/mol. The molecular weight excluding hydrogens is 228 g/mol. The molecule has 1 aliphatic heterocycles. The Morgan fingerprint density at radius 2 is 2.17 bits per heavy atom. The zero-order chi connectivity index (χ0) is 13.2. The fourth-order valence-electron chi connectivity index (χ4n) is 2.81. The molecule has 2 atom stereocenters. The summed E-state index contributed by atoms with van der Waals surface area (Å²) in [5.74, 6) is 0. The molecule has 4 heteroatoms. The summed E-state index contributed by atoms with van der Waals surface area (Å²) < 4.78 is 10.7. The lowest BCUT2D eigenvalue weighted by atomic mass is 9.96. The van der Waals surface area contributed by atoms with Gasteiger partial charge in [0, 0.05) is 25.7 Å². The first kappa shape index (κ1) is 15.9. The molecule has 2 N–H and O–H groups in total. The van der Waals surface area contributed by atoms with E-state index in [1.807, 2.05) is 0 Å². The average molecular weight is 258 g/mol. The number of likely N-dealkylation sites (tertiary alicyclic amines) is 1. The van der Waals surface area contributed by atoms with E-state index in [0.717, 1.165) is 6.61 Å². The van der Waals surface area contributed by atoms with E-state index in [9.17, 15) is 0 Å². The summed E-state index contributed by atoms with van der Waals surface area (Å²) in [6, 6.07) is 1.09. The molecule has 0 saturated carbocycles. The lowest BCUT2D eigenvalue weighted by molar-refractivity contribution is 0.00712. The fraction of sp³-hybridized carbons (Fsp3) is 1.00. The van der Waals surface area contributed by atoms with Crippen molar-refractivity contribution in [2.75, 3.05) is 40.0 Å². The molecule has 0 radical (unpaired) electrons. The van der Waals surface area contributed by atoms with E-state index in [2.05, 4.69) is 11.8 Å². The fourth-order valence-corrected chi connectivity index (χ4v) is 2.81. The Hall–Kier alpha value is -0.160. The van der Waals surface area contributed by atoms with Crippen molar-refractivity contribution in [3.8, 4) is 0 Å². The minimum atomic E-state index is 0.374. The van der Waals surface area contributed by atoms with Gasteiger partial charge in [-0.3, -0.25) is 4.90 Å². The molecule has 0 aliphatic carbocycles. The van der Waals surface area contributed by atoms with Crippen molar-refractivity contribution >= 4 is 0 Å². The lowest BCUT2D eigenvalue weighted by Gasteiger charge is -2.40. The van der Waals surface area contributed by atoms with Gasteiger partial charge < -0.3 is 15.2 Å². The van der Waals surface area contributed by atoms with E-state index in [1.165, 1.54) is 38.6 Å². The van der Waals surface area contributed by atoms with Gasteiger partial charge in [-0.15, -0.1) is 0 Å². The maximum Gasteiger partial charge on any atom is 0.0701 e. The second-order valence-corrected chi connectivity index (χ2v) is 5.13. The molecule has 18 heavy (non-hydrogen) atoms. The van der Waals surface area contributed by atoms with Crippen LogP contribution in [-0.2, 0) is 9.47 Å². The smallest absolute Gasteiger partial charge is 0.0701 e. The van der Waals surface area contributed by atoms with Crippen molar-refractivity contribution in [1.82, 2.24) is 4.90 Å². The third-order valence-electron chi connectivity index (χ3n) is 3.78. The van der Waals surface area contributed by atoms with Crippen LogP contribution in [0.4, 0.5) is 0 Å². The van der Waals surface area contributed by atoms with Crippen LogP contribution < -0.4 is 5.73 Å². The quantitative estimate of drug-likeness (QED) is 0.639. The molecule has 1 heterocycles. The predicted octanol–water partition coefficient (Wildman–Crippen LogP) is 1.63. The molecule has 0 aromatic heterocycles. The second kappa shape index (κ2) is 9.73. The summed E-state index contributed by atoms with van der Waals surface area (Å²) in [4.78, 5) is 2.58. The van der Waals surface area contributed by atoms with Crippen LogP contribution in [0.1, 0.15) is 39.0 Å². The Kier molecular flexibility index (Phi) is 8.59.